The van der Waals surface area contributed by atoms with Gasteiger partial charge in [0.2, 0.25) is 0 Å². The van der Waals surface area contributed by atoms with Gasteiger partial charge >= 0.3 is 0 Å². The molecule has 7 nitrogen and oxygen atoms in total. The standard InChI is InChI=1S/C28H28N2O5/c1-5-35-23-12-10-18(15-19(23)16(2)3)26(32)24-25(20-8-6-7-13-29-20)30(28(34)27(24)33)21-14-17(4)9-11-22(21)31/h6-16,25,31-32H,5H2,1-4H3/b26-24-. The number of benzene rings is 2. The fourth-order valence-electron chi connectivity index (χ4n) is 4.31. The molecule has 1 unspecified atom stereocenters. The predicted molar refractivity (Wildman–Crippen MR) is 134 cm³/mol. The first-order valence-electron chi connectivity index (χ1n) is 11.5. The number of rotatable bonds is 6. The van der Waals surface area contributed by atoms with E-state index < -0.39 is 17.7 Å². The molecule has 2 aromatic carbocycles. The van der Waals surface area contributed by atoms with Crippen LogP contribution in [0.15, 0.2) is 66.4 Å². The number of phenols is 1. The van der Waals surface area contributed by atoms with Gasteiger partial charge in [-0.2, -0.15) is 0 Å². The molecule has 1 atom stereocenters. The van der Waals surface area contributed by atoms with Crippen LogP contribution in [0.25, 0.3) is 5.76 Å². The largest absolute Gasteiger partial charge is 0.507 e. The van der Waals surface area contributed by atoms with E-state index in [0.717, 1.165) is 11.1 Å². The Morgan fingerprint density at radius 2 is 1.89 bits per heavy atom. The van der Waals surface area contributed by atoms with Crippen molar-refractivity contribution in [3.8, 4) is 11.5 Å². The lowest BCUT2D eigenvalue weighted by Crippen LogP contribution is -2.30. The predicted octanol–water partition coefficient (Wildman–Crippen LogP) is 5.24. The van der Waals surface area contributed by atoms with Crippen molar-refractivity contribution in [2.75, 3.05) is 11.5 Å². The summed E-state index contributed by atoms with van der Waals surface area (Å²) in [5, 5.41) is 22.0. The highest BCUT2D eigenvalue weighted by Gasteiger charge is 2.48. The molecule has 2 N–H and O–H groups in total. The molecule has 0 spiro atoms. The molecule has 0 saturated carbocycles. The van der Waals surface area contributed by atoms with Crippen molar-refractivity contribution < 1.29 is 24.5 Å². The number of aromatic hydroxyl groups is 1. The number of ketones is 1. The molecule has 1 aliphatic rings. The van der Waals surface area contributed by atoms with Crippen LogP contribution >= 0.6 is 0 Å². The summed E-state index contributed by atoms with van der Waals surface area (Å²) in [6, 6.07) is 14.1. The molecule has 180 valence electrons. The van der Waals surface area contributed by atoms with Gasteiger partial charge in [-0.25, -0.2) is 0 Å². The normalized spacial score (nSPS) is 17.3. The number of aromatic nitrogens is 1. The lowest BCUT2D eigenvalue weighted by atomic mass is 9.94. The van der Waals surface area contributed by atoms with Crippen LogP contribution in [0, 0.1) is 6.92 Å². The van der Waals surface area contributed by atoms with Crippen molar-refractivity contribution >= 4 is 23.1 Å². The second-order valence-electron chi connectivity index (χ2n) is 8.76. The number of aliphatic hydroxyl groups excluding tert-OH is 1. The number of ether oxygens (including phenoxy) is 1. The maximum atomic E-state index is 13.3. The van der Waals surface area contributed by atoms with Gasteiger partial charge in [0.1, 0.15) is 23.3 Å². The summed E-state index contributed by atoms with van der Waals surface area (Å²) < 4.78 is 5.72. The average molecular weight is 473 g/mol. The van der Waals surface area contributed by atoms with Gasteiger partial charge in [-0.3, -0.25) is 19.5 Å². The van der Waals surface area contributed by atoms with Gasteiger partial charge in [0, 0.05) is 11.8 Å². The van der Waals surface area contributed by atoms with Crippen LogP contribution in [0.1, 0.15) is 55.1 Å². The Labute approximate surface area is 204 Å². The monoisotopic (exact) mass is 472 g/mol. The van der Waals surface area contributed by atoms with Gasteiger partial charge in [-0.05, 0) is 73.4 Å². The van der Waals surface area contributed by atoms with Gasteiger partial charge in [0.25, 0.3) is 11.7 Å². The molecule has 2 heterocycles. The van der Waals surface area contributed by atoms with Crippen LogP contribution in [0.2, 0.25) is 0 Å². The van der Waals surface area contributed by atoms with Crippen molar-refractivity contribution in [2.45, 2.75) is 39.7 Å². The molecule has 1 aromatic heterocycles. The number of amides is 1. The maximum Gasteiger partial charge on any atom is 0.300 e. The Morgan fingerprint density at radius 1 is 1.11 bits per heavy atom. The van der Waals surface area contributed by atoms with Gasteiger partial charge < -0.3 is 14.9 Å². The summed E-state index contributed by atoms with van der Waals surface area (Å²) >= 11 is 0. The Hall–Kier alpha value is -4.13. The van der Waals surface area contributed by atoms with Gasteiger partial charge in [0.05, 0.1) is 23.6 Å². The number of aryl methyl sites for hydroxylation is 1. The first kappa shape index (κ1) is 24.0. The molecular weight excluding hydrogens is 444 g/mol. The van der Waals surface area contributed by atoms with Crippen LogP contribution in [-0.2, 0) is 9.59 Å². The minimum Gasteiger partial charge on any atom is -0.507 e. The number of Topliss-reactive ketones (excluding diaryl/α,β-unsaturated/α-hetero) is 1. The van der Waals surface area contributed by atoms with E-state index >= 15 is 0 Å². The number of nitrogens with zero attached hydrogens (tertiary/aromatic N) is 2. The lowest BCUT2D eigenvalue weighted by Gasteiger charge is -2.25. The molecule has 0 radical (unpaired) electrons. The van der Waals surface area contributed by atoms with E-state index in [0.29, 0.717) is 23.6 Å². The van der Waals surface area contributed by atoms with Crippen molar-refractivity contribution in [2.24, 2.45) is 0 Å². The quantitative estimate of drug-likeness (QED) is 0.289. The molecular formula is C28H28N2O5. The van der Waals surface area contributed by atoms with Crippen molar-refractivity contribution in [3.05, 3.63) is 88.8 Å². The first-order chi connectivity index (χ1) is 16.7. The molecule has 1 fully saturated rings. The number of hydrogen-bond donors (Lipinski definition) is 2. The Bertz CT molecular complexity index is 1310. The molecule has 4 rings (SSSR count). The third kappa shape index (κ3) is 4.37. The smallest absolute Gasteiger partial charge is 0.300 e. The van der Waals surface area contributed by atoms with E-state index in [1.54, 1.807) is 54.7 Å². The van der Waals surface area contributed by atoms with Gasteiger partial charge in [-0.15, -0.1) is 0 Å². The molecule has 0 bridgehead atoms. The summed E-state index contributed by atoms with van der Waals surface area (Å²) in [7, 11) is 0. The van der Waals surface area contributed by atoms with E-state index in [1.807, 2.05) is 27.7 Å². The van der Waals surface area contributed by atoms with E-state index in [2.05, 4.69) is 4.98 Å². The summed E-state index contributed by atoms with van der Waals surface area (Å²) in [6.45, 7) is 8.23. The fourth-order valence-corrected chi connectivity index (χ4v) is 4.31. The number of pyridine rings is 1. The summed E-state index contributed by atoms with van der Waals surface area (Å²) in [6.07, 6.45) is 1.55. The van der Waals surface area contributed by atoms with Gasteiger partial charge in [0.15, 0.2) is 0 Å². The van der Waals surface area contributed by atoms with Crippen LogP contribution in [0.3, 0.4) is 0 Å². The molecule has 7 heteroatoms. The number of aliphatic hydroxyl groups is 1. The van der Waals surface area contributed by atoms with E-state index in [9.17, 15) is 19.8 Å². The molecule has 0 aliphatic carbocycles. The maximum absolute atomic E-state index is 13.3. The molecule has 1 saturated heterocycles. The lowest BCUT2D eigenvalue weighted by molar-refractivity contribution is -0.132. The van der Waals surface area contributed by atoms with E-state index in [-0.39, 0.29) is 28.7 Å². The van der Waals surface area contributed by atoms with Crippen molar-refractivity contribution in [3.63, 3.8) is 0 Å². The number of phenolic OH excluding ortho intramolecular Hbond substituents is 1. The Balaban J connectivity index is 1.95. The van der Waals surface area contributed by atoms with Crippen molar-refractivity contribution in [1.82, 2.24) is 4.98 Å². The zero-order valence-corrected chi connectivity index (χ0v) is 20.1. The summed E-state index contributed by atoms with van der Waals surface area (Å²) in [5.74, 6) is -1.36. The Morgan fingerprint density at radius 3 is 2.54 bits per heavy atom. The summed E-state index contributed by atoms with van der Waals surface area (Å²) in [4.78, 5) is 32.2. The molecule has 3 aromatic rings. The third-order valence-corrected chi connectivity index (χ3v) is 6.01. The highest BCUT2D eigenvalue weighted by atomic mass is 16.5. The average Bonchev–Trinajstić information content (AvgIpc) is 3.11. The third-order valence-electron chi connectivity index (χ3n) is 6.01. The number of carbonyl (C=O) groups is 2. The minimum absolute atomic E-state index is 0.0894. The molecule has 35 heavy (non-hydrogen) atoms. The minimum atomic E-state index is -1.02. The van der Waals surface area contributed by atoms with Crippen LogP contribution in [0.5, 0.6) is 11.5 Å². The fraction of sp³-hybridized carbons (Fsp3) is 0.250. The molecule has 1 amide bonds. The first-order valence-corrected chi connectivity index (χ1v) is 11.5. The van der Waals surface area contributed by atoms with Crippen LogP contribution < -0.4 is 9.64 Å². The number of anilines is 1. The second-order valence-corrected chi connectivity index (χ2v) is 8.76. The second kappa shape index (κ2) is 9.62. The highest BCUT2D eigenvalue weighted by Crippen LogP contribution is 2.44. The van der Waals surface area contributed by atoms with Gasteiger partial charge in [-0.1, -0.05) is 26.0 Å². The SMILES string of the molecule is CCOc1ccc(/C(O)=C2/C(=O)C(=O)N(c3cc(C)ccc3O)C2c2ccccn2)cc1C(C)C. The van der Waals surface area contributed by atoms with Crippen LogP contribution in [0.4, 0.5) is 5.69 Å². The highest BCUT2D eigenvalue weighted by molar-refractivity contribution is 6.51. The zero-order chi connectivity index (χ0) is 25.3. The Kier molecular flexibility index (Phi) is 6.60. The zero-order valence-electron chi connectivity index (χ0n) is 20.1. The molecule has 1 aliphatic heterocycles. The van der Waals surface area contributed by atoms with Crippen molar-refractivity contribution in [1.29, 1.82) is 0 Å². The number of carbonyl (C=O) groups excluding carboxylic acids is 2. The topological polar surface area (TPSA) is 100.0 Å². The van der Waals surface area contributed by atoms with E-state index in [1.165, 1.54) is 11.0 Å². The number of hydrogen-bond acceptors (Lipinski definition) is 6. The van der Waals surface area contributed by atoms with E-state index in [4.69, 9.17) is 4.74 Å². The summed E-state index contributed by atoms with van der Waals surface area (Å²) in [5.41, 5.74) is 2.54. The van der Waals surface area contributed by atoms with Crippen LogP contribution in [-0.4, -0.2) is 33.5 Å².